The second-order valence-electron chi connectivity index (χ2n) is 3.85. The number of hydrogen-bond acceptors (Lipinski definition) is 2. The summed E-state index contributed by atoms with van der Waals surface area (Å²) in [6, 6.07) is 12.8. The first-order valence-corrected chi connectivity index (χ1v) is 5.34. The summed E-state index contributed by atoms with van der Waals surface area (Å²) in [5.41, 5.74) is 2.15. The van der Waals surface area contributed by atoms with Gasteiger partial charge < -0.3 is 10.2 Å². The summed E-state index contributed by atoms with van der Waals surface area (Å²) in [5, 5.41) is 19.0. The van der Waals surface area contributed by atoms with Crippen LogP contribution in [0.5, 0.6) is 0 Å². The van der Waals surface area contributed by atoms with E-state index in [2.05, 4.69) is 0 Å². The van der Waals surface area contributed by atoms with Crippen molar-refractivity contribution in [3.8, 4) is 0 Å². The third-order valence-electron chi connectivity index (χ3n) is 2.66. The average molecular weight is 232 g/mol. The molecular formula is C14H13FO2. The zero-order valence-electron chi connectivity index (χ0n) is 9.18. The molecule has 0 saturated heterocycles. The molecule has 0 aliphatic heterocycles. The van der Waals surface area contributed by atoms with Gasteiger partial charge in [0.05, 0.1) is 6.61 Å². The molecule has 17 heavy (non-hydrogen) atoms. The van der Waals surface area contributed by atoms with E-state index in [9.17, 15) is 9.50 Å². The molecule has 2 rings (SSSR count). The molecule has 1 atom stereocenters. The van der Waals surface area contributed by atoms with Gasteiger partial charge in [0.1, 0.15) is 11.9 Å². The van der Waals surface area contributed by atoms with Gasteiger partial charge in [-0.1, -0.05) is 36.4 Å². The van der Waals surface area contributed by atoms with Crippen LogP contribution in [0.3, 0.4) is 0 Å². The lowest BCUT2D eigenvalue weighted by Crippen LogP contribution is -1.99. The highest BCUT2D eigenvalue weighted by Crippen LogP contribution is 2.22. The highest BCUT2D eigenvalue weighted by atomic mass is 19.1. The Balaban J connectivity index is 2.23. The van der Waals surface area contributed by atoms with E-state index < -0.39 is 6.10 Å². The average Bonchev–Trinajstić information content (AvgIpc) is 2.39. The molecule has 0 bridgehead atoms. The minimum atomic E-state index is -0.775. The quantitative estimate of drug-likeness (QED) is 0.853. The number of benzene rings is 2. The van der Waals surface area contributed by atoms with E-state index in [0.717, 1.165) is 5.56 Å². The molecule has 0 saturated carbocycles. The highest BCUT2D eigenvalue weighted by molar-refractivity contribution is 5.31. The Morgan fingerprint density at radius 3 is 1.82 bits per heavy atom. The number of rotatable bonds is 3. The van der Waals surface area contributed by atoms with Crippen molar-refractivity contribution in [2.75, 3.05) is 0 Å². The first kappa shape index (κ1) is 11.8. The first-order chi connectivity index (χ1) is 8.20. The van der Waals surface area contributed by atoms with Crippen molar-refractivity contribution < 1.29 is 14.6 Å². The summed E-state index contributed by atoms with van der Waals surface area (Å²) in [5.74, 6) is -0.323. The maximum atomic E-state index is 12.7. The van der Waals surface area contributed by atoms with Crippen molar-refractivity contribution in [2.24, 2.45) is 0 Å². The third kappa shape index (κ3) is 2.70. The van der Waals surface area contributed by atoms with Gasteiger partial charge >= 0.3 is 0 Å². The zero-order chi connectivity index (χ0) is 12.3. The maximum absolute atomic E-state index is 12.7. The molecular weight excluding hydrogens is 219 g/mol. The molecule has 0 aliphatic carbocycles. The van der Waals surface area contributed by atoms with Gasteiger partial charge in [0.15, 0.2) is 0 Å². The van der Waals surface area contributed by atoms with Crippen LogP contribution < -0.4 is 0 Å². The normalized spacial score (nSPS) is 12.4. The molecule has 1 unspecified atom stereocenters. The summed E-state index contributed by atoms with van der Waals surface area (Å²) in [6.45, 7) is -0.0209. The topological polar surface area (TPSA) is 40.5 Å². The Kier molecular flexibility index (Phi) is 3.52. The van der Waals surface area contributed by atoms with Crippen molar-refractivity contribution in [1.29, 1.82) is 0 Å². The third-order valence-corrected chi connectivity index (χ3v) is 2.66. The molecule has 0 spiro atoms. The van der Waals surface area contributed by atoms with Gasteiger partial charge in [-0.05, 0) is 28.8 Å². The molecule has 88 valence electrons. The van der Waals surface area contributed by atoms with Crippen LogP contribution in [0.2, 0.25) is 0 Å². The van der Waals surface area contributed by atoms with E-state index in [1.807, 2.05) is 0 Å². The standard InChI is InChI=1S/C14H13FO2/c15-13-7-5-12(6-8-13)14(17)11-3-1-10(9-16)2-4-11/h1-8,14,16-17H,9H2. The zero-order valence-corrected chi connectivity index (χ0v) is 9.18. The Labute approximate surface area is 99.0 Å². The van der Waals surface area contributed by atoms with Gasteiger partial charge in [-0.3, -0.25) is 0 Å². The van der Waals surface area contributed by atoms with E-state index in [-0.39, 0.29) is 12.4 Å². The van der Waals surface area contributed by atoms with Gasteiger partial charge in [-0.15, -0.1) is 0 Å². The molecule has 2 N–H and O–H groups in total. The largest absolute Gasteiger partial charge is 0.392 e. The summed E-state index contributed by atoms with van der Waals surface area (Å²) >= 11 is 0. The van der Waals surface area contributed by atoms with Gasteiger partial charge in [0.25, 0.3) is 0 Å². The molecule has 0 fully saturated rings. The molecule has 2 aromatic rings. The van der Waals surface area contributed by atoms with Gasteiger partial charge in [-0.25, -0.2) is 4.39 Å². The van der Waals surface area contributed by atoms with Crippen LogP contribution in [0.25, 0.3) is 0 Å². The summed E-state index contributed by atoms with van der Waals surface area (Å²) < 4.78 is 12.7. The van der Waals surface area contributed by atoms with Crippen molar-refractivity contribution in [3.63, 3.8) is 0 Å². The van der Waals surface area contributed by atoms with E-state index in [1.165, 1.54) is 12.1 Å². The second kappa shape index (κ2) is 5.08. The number of aliphatic hydroxyl groups excluding tert-OH is 2. The van der Waals surface area contributed by atoms with Crippen molar-refractivity contribution in [1.82, 2.24) is 0 Å². The molecule has 0 amide bonds. The van der Waals surface area contributed by atoms with Crippen LogP contribution in [0, 0.1) is 5.82 Å². The molecule has 0 aliphatic rings. The second-order valence-corrected chi connectivity index (χ2v) is 3.85. The molecule has 0 radical (unpaired) electrons. The van der Waals surface area contributed by atoms with E-state index in [1.54, 1.807) is 36.4 Å². The van der Waals surface area contributed by atoms with Crippen LogP contribution in [0.4, 0.5) is 4.39 Å². The molecule has 0 heterocycles. The smallest absolute Gasteiger partial charge is 0.123 e. The number of hydrogen-bond donors (Lipinski definition) is 2. The predicted molar refractivity (Wildman–Crippen MR) is 62.8 cm³/mol. The SMILES string of the molecule is OCc1ccc(C(O)c2ccc(F)cc2)cc1. The lowest BCUT2D eigenvalue weighted by Gasteiger charge is -2.11. The molecule has 0 aromatic heterocycles. The van der Waals surface area contributed by atoms with Crippen LogP contribution in [-0.2, 0) is 6.61 Å². The number of aliphatic hydroxyl groups is 2. The fourth-order valence-electron chi connectivity index (χ4n) is 1.64. The lowest BCUT2D eigenvalue weighted by molar-refractivity contribution is 0.220. The van der Waals surface area contributed by atoms with Crippen LogP contribution >= 0.6 is 0 Å². The minimum absolute atomic E-state index is 0.0209. The van der Waals surface area contributed by atoms with Crippen molar-refractivity contribution in [2.45, 2.75) is 12.7 Å². The first-order valence-electron chi connectivity index (χ1n) is 5.34. The van der Waals surface area contributed by atoms with E-state index in [4.69, 9.17) is 5.11 Å². The van der Waals surface area contributed by atoms with Gasteiger partial charge in [-0.2, -0.15) is 0 Å². The van der Waals surface area contributed by atoms with E-state index in [0.29, 0.717) is 11.1 Å². The van der Waals surface area contributed by atoms with Gasteiger partial charge in [0, 0.05) is 0 Å². The van der Waals surface area contributed by atoms with Crippen LogP contribution in [0.1, 0.15) is 22.8 Å². The monoisotopic (exact) mass is 232 g/mol. The summed E-state index contributed by atoms with van der Waals surface area (Å²) in [7, 11) is 0. The Hall–Kier alpha value is -1.71. The summed E-state index contributed by atoms with van der Waals surface area (Å²) in [6.07, 6.45) is -0.775. The fourth-order valence-corrected chi connectivity index (χ4v) is 1.64. The minimum Gasteiger partial charge on any atom is -0.392 e. The van der Waals surface area contributed by atoms with Crippen molar-refractivity contribution in [3.05, 3.63) is 71.0 Å². The fraction of sp³-hybridized carbons (Fsp3) is 0.143. The highest BCUT2D eigenvalue weighted by Gasteiger charge is 2.09. The maximum Gasteiger partial charge on any atom is 0.123 e. The Bertz CT molecular complexity index is 477. The lowest BCUT2D eigenvalue weighted by atomic mass is 10.0. The summed E-state index contributed by atoms with van der Waals surface area (Å²) in [4.78, 5) is 0. The predicted octanol–water partition coefficient (Wildman–Crippen LogP) is 2.40. The molecule has 2 nitrogen and oxygen atoms in total. The molecule has 3 heteroatoms. The van der Waals surface area contributed by atoms with E-state index >= 15 is 0 Å². The van der Waals surface area contributed by atoms with Crippen LogP contribution in [-0.4, -0.2) is 10.2 Å². The van der Waals surface area contributed by atoms with Crippen LogP contribution in [0.15, 0.2) is 48.5 Å². The molecule has 2 aromatic carbocycles. The Morgan fingerprint density at radius 2 is 1.35 bits per heavy atom. The van der Waals surface area contributed by atoms with Crippen molar-refractivity contribution >= 4 is 0 Å². The van der Waals surface area contributed by atoms with Gasteiger partial charge in [0.2, 0.25) is 0 Å². The Morgan fingerprint density at radius 1 is 0.882 bits per heavy atom. The number of halogens is 1.